The van der Waals surface area contributed by atoms with Crippen LogP contribution in [0, 0.1) is 0 Å². The number of hydrogen-bond acceptors (Lipinski definition) is 4. The van der Waals surface area contributed by atoms with Gasteiger partial charge in [-0.2, -0.15) is 0 Å². The predicted octanol–water partition coefficient (Wildman–Crippen LogP) is 3.30. The Kier molecular flexibility index (Phi) is 4.42. The molecule has 0 bridgehead atoms. The third-order valence-corrected chi connectivity index (χ3v) is 5.61. The molecule has 1 atom stereocenters. The van der Waals surface area contributed by atoms with Crippen LogP contribution in [0.1, 0.15) is 31.9 Å². The van der Waals surface area contributed by atoms with E-state index >= 15 is 0 Å². The van der Waals surface area contributed by atoms with Gasteiger partial charge in [0.25, 0.3) is 0 Å². The van der Waals surface area contributed by atoms with Crippen LogP contribution in [0.4, 0.5) is 0 Å². The molecule has 2 aromatic rings. The zero-order chi connectivity index (χ0) is 16.5. The van der Waals surface area contributed by atoms with Crippen LogP contribution < -0.4 is 4.74 Å². The van der Waals surface area contributed by atoms with E-state index in [1.165, 1.54) is 38.9 Å². The number of pyridine rings is 1. The van der Waals surface area contributed by atoms with Crippen LogP contribution in [-0.4, -0.2) is 53.6 Å². The molecule has 1 aromatic carbocycles. The second kappa shape index (κ2) is 6.69. The molecule has 4 nitrogen and oxygen atoms in total. The Balaban J connectivity index is 1.41. The number of hydrogen-bond donors (Lipinski definition) is 0. The molecule has 2 aliphatic heterocycles. The zero-order valence-corrected chi connectivity index (χ0v) is 14.7. The van der Waals surface area contributed by atoms with Gasteiger partial charge in [0.1, 0.15) is 11.3 Å². The van der Waals surface area contributed by atoms with E-state index in [4.69, 9.17) is 9.72 Å². The zero-order valence-electron chi connectivity index (χ0n) is 14.7. The van der Waals surface area contributed by atoms with Gasteiger partial charge in [0.05, 0.1) is 12.8 Å². The molecule has 128 valence electrons. The monoisotopic (exact) mass is 325 g/mol. The number of likely N-dealkylation sites (tertiary alicyclic amines) is 2. The fraction of sp³-hybridized carbons (Fsp3) is 0.550. The predicted molar refractivity (Wildman–Crippen MR) is 97.4 cm³/mol. The van der Waals surface area contributed by atoms with E-state index in [2.05, 4.69) is 34.9 Å². The number of rotatable bonds is 4. The van der Waals surface area contributed by atoms with Gasteiger partial charge in [0.2, 0.25) is 0 Å². The highest BCUT2D eigenvalue weighted by Gasteiger charge is 2.35. The van der Waals surface area contributed by atoms with Crippen LogP contribution in [0.5, 0.6) is 5.75 Å². The topological polar surface area (TPSA) is 28.6 Å². The van der Waals surface area contributed by atoms with E-state index in [9.17, 15) is 0 Å². The van der Waals surface area contributed by atoms with Crippen molar-refractivity contribution in [2.75, 3.05) is 26.7 Å². The molecule has 3 heterocycles. The molecule has 0 aliphatic carbocycles. The lowest BCUT2D eigenvalue weighted by Crippen LogP contribution is -2.61. The Morgan fingerprint density at radius 3 is 2.83 bits per heavy atom. The van der Waals surface area contributed by atoms with Gasteiger partial charge in [0, 0.05) is 37.1 Å². The van der Waals surface area contributed by atoms with E-state index in [-0.39, 0.29) is 0 Å². The molecule has 0 saturated carbocycles. The van der Waals surface area contributed by atoms with Crippen molar-refractivity contribution in [1.29, 1.82) is 0 Å². The van der Waals surface area contributed by atoms with Crippen molar-refractivity contribution in [3.63, 3.8) is 0 Å². The standard InChI is InChI=1S/C20H27N3O/c1-15-6-3-4-11-23(15)18-13-22(14-18)12-17-10-9-16-7-5-8-19(24-2)20(16)21-17/h5,7-10,15,18H,3-4,6,11-14H2,1-2H3. The fourth-order valence-corrected chi connectivity index (χ4v) is 4.19. The number of nitrogens with zero attached hydrogens (tertiary/aromatic N) is 3. The first-order chi connectivity index (χ1) is 11.7. The average molecular weight is 325 g/mol. The largest absolute Gasteiger partial charge is 0.494 e. The Bertz CT molecular complexity index is 711. The van der Waals surface area contributed by atoms with Crippen molar-refractivity contribution >= 4 is 10.9 Å². The molecule has 4 rings (SSSR count). The molecule has 2 fully saturated rings. The van der Waals surface area contributed by atoms with Crippen LogP contribution in [-0.2, 0) is 6.54 Å². The first-order valence-corrected chi connectivity index (χ1v) is 9.15. The first-order valence-electron chi connectivity index (χ1n) is 9.15. The van der Waals surface area contributed by atoms with Gasteiger partial charge < -0.3 is 4.74 Å². The number of benzene rings is 1. The molecule has 1 unspecified atom stereocenters. The molecule has 0 spiro atoms. The third-order valence-electron chi connectivity index (χ3n) is 5.61. The number of para-hydroxylation sites is 1. The van der Waals surface area contributed by atoms with Gasteiger partial charge in [-0.25, -0.2) is 4.98 Å². The molecular weight excluding hydrogens is 298 g/mol. The van der Waals surface area contributed by atoms with Crippen molar-refractivity contribution in [1.82, 2.24) is 14.8 Å². The molecule has 0 N–H and O–H groups in total. The maximum absolute atomic E-state index is 5.45. The van der Waals surface area contributed by atoms with E-state index in [0.29, 0.717) is 0 Å². The Hall–Kier alpha value is -1.65. The van der Waals surface area contributed by atoms with Crippen molar-refractivity contribution < 1.29 is 4.74 Å². The number of piperidine rings is 1. The van der Waals surface area contributed by atoms with E-state index in [1.807, 2.05) is 12.1 Å². The summed E-state index contributed by atoms with van der Waals surface area (Å²) in [5, 5.41) is 1.14. The minimum Gasteiger partial charge on any atom is -0.494 e. The lowest BCUT2D eigenvalue weighted by atomic mass is 9.97. The van der Waals surface area contributed by atoms with Gasteiger partial charge in [-0.05, 0) is 38.4 Å². The molecule has 1 aromatic heterocycles. The minimum absolute atomic E-state index is 0.746. The van der Waals surface area contributed by atoms with Crippen LogP contribution in [0.3, 0.4) is 0 Å². The van der Waals surface area contributed by atoms with Crippen molar-refractivity contribution in [2.24, 2.45) is 0 Å². The highest BCUT2D eigenvalue weighted by atomic mass is 16.5. The maximum atomic E-state index is 5.45. The number of aromatic nitrogens is 1. The van der Waals surface area contributed by atoms with Gasteiger partial charge in [0.15, 0.2) is 0 Å². The van der Waals surface area contributed by atoms with Crippen LogP contribution in [0.2, 0.25) is 0 Å². The van der Waals surface area contributed by atoms with Crippen molar-refractivity contribution in [2.45, 2.75) is 44.8 Å². The number of fused-ring (bicyclic) bond motifs is 1. The quantitative estimate of drug-likeness (QED) is 0.862. The van der Waals surface area contributed by atoms with E-state index < -0.39 is 0 Å². The SMILES string of the molecule is COc1cccc2ccc(CN3CC(N4CCCCC4C)C3)nc12. The second-order valence-electron chi connectivity index (χ2n) is 7.27. The first kappa shape index (κ1) is 15.9. The second-order valence-corrected chi connectivity index (χ2v) is 7.27. The minimum atomic E-state index is 0.746. The average Bonchev–Trinajstić information content (AvgIpc) is 2.58. The summed E-state index contributed by atoms with van der Waals surface area (Å²) < 4.78 is 5.45. The molecular formula is C20H27N3O. The summed E-state index contributed by atoms with van der Waals surface area (Å²) in [7, 11) is 1.71. The maximum Gasteiger partial charge on any atom is 0.145 e. The highest BCUT2D eigenvalue weighted by Crippen LogP contribution is 2.27. The Morgan fingerprint density at radius 1 is 1.17 bits per heavy atom. The van der Waals surface area contributed by atoms with Crippen LogP contribution in [0.25, 0.3) is 10.9 Å². The molecule has 0 amide bonds. The normalized spacial score (nSPS) is 23.3. The van der Waals surface area contributed by atoms with Crippen molar-refractivity contribution in [3.05, 3.63) is 36.0 Å². The molecule has 2 saturated heterocycles. The summed E-state index contributed by atoms with van der Waals surface area (Å²) in [6.45, 7) is 6.96. The molecule has 4 heteroatoms. The Labute approximate surface area is 144 Å². The van der Waals surface area contributed by atoms with Gasteiger partial charge in [-0.3, -0.25) is 9.80 Å². The summed E-state index contributed by atoms with van der Waals surface area (Å²) >= 11 is 0. The summed E-state index contributed by atoms with van der Waals surface area (Å²) in [6, 6.07) is 11.9. The summed E-state index contributed by atoms with van der Waals surface area (Å²) in [5.74, 6) is 0.859. The number of ether oxygens (including phenoxy) is 1. The fourth-order valence-electron chi connectivity index (χ4n) is 4.19. The Morgan fingerprint density at radius 2 is 2.04 bits per heavy atom. The highest BCUT2D eigenvalue weighted by molar-refractivity contribution is 5.84. The van der Waals surface area contributed by atoms with Crippen LogP contribution in [0.15, 0.2) is 30.3 Å². The van der Waals surface area contributed by atoms with Crippen molar-refractivity contribution in [3.8, 4) is 5.75 Å². The van der Waals surface area contributed by atoms with Gasteiger partial charge >= 0.3 is 0 Å². The van der Waals surface area contributed by atoms with Gasteiger partial charge in [-0.1, -0.05) is 24.6 Å². The smallest absolute Gasteiger partial charge is 0.145 e. The summed E-state index contributed by atoms with van der Waals surface area (Å²) in [4.78, 5) is 10.1. The third kappa shape index (κ3) is 3.01. The van der Waals surface area contributed by atoms with E-state index in [0.717, 1.165) is 41.0 Å². The lowest BCUT2D eigenvalue weighted by molar-refractivity contribution is -0.00670. The summed E-state index contributed by atoms with van der Waals surface area (Å²) in [5.41, 5.74) is 2.11. The molecule has 0 radical (unpaired) electrons. The summed E-state index contributed by atoms with van der Waals surface area (Å²) in [6.07, 6.45) is 4.13. The molecule has 24 heavy (non-hydrogen) atoms. The lowest BCUT2D eigenvalue weighted by Gasteiger charge is -2.49. The van der Waals surface area contributed by atoms with Gasteiger partial charge in [-0.15, -0.1) is 0 Å². The molecule has 2 aliphatic rings. The number of methoxy groups -OCH3 is 1. The van der Waals surface area contributed by atoms with Crippen LogP contribution >= 0.6 is 0 Å². The van der Waals surface area contributed by atoms with E-state index in [1.54, 1.807) is 7.11 Å².